The summed E-state index contributed by atoms with van der Waals surface area (Å²) < 4.78 is 11.3. The number of para-hydroxylation sites is 3. The topological polar surface area (TPSA) is 56.7 Å². The third-order valence-corrected chi connectivity index (χ3v) is 12.2. The first kappa shape index (κ1) is 31.9. The molecule has 0 aliphatic carbocycles. The highest BCUT2D eigenvalue weighted by atomic mass is 32.1. The lowest BCUT2D eigenvalue weighted by atomic mass is 10.0. The van der Waals surface area contributed by atoms with Crippen molar-refractivity contribution in [1.82, 2.24) is 19.5 Å². The molecule has 0 saturated carbocycles. The van der Waals surface area contributed by atoms with E-state index in [1.807, 2.05) is 42.5 Å². The number of hydrogen-bond acceptors (Lipinski definition) is 5. The van der Waals surface area contributed by atoms with Gasteiger partial charge in [-0.15, -0.1) is 11.3 Å². The standard InChI is InChI=1S/C51H30N4OS/c1-3-14-31(15-4-1)33-26-27-43-40(28-33)35-18-7-10-23-42(35)55(43)34-29-41(47-38-20-9-12-25-45(38)57-46(47)30-34)51-53-49(32-16-5-2-6-17-32)52-50(54-51)39-22-13-21-37-36-19-8-11-24-44(36)56-48(37)39/h1-30H. The van der Waals surface area contributed by atoms with Crippen LogP contribution in [0.3, 0.4) is 0 Å². The Balaban J connectivity index is 1.15. The minimum absolute atomic E-state index is 0.562. The van der Waals surface area contributed by atoms with E-state index in [4.69, 9.17) is 19.4 Å². The van der Waals surface area contributed by atoms with Crippen molar-refractivity contribution in [2.24, 2.45) is 0 Å². The van der Waals surface area contributed by atoms with Gasteiger partial charge in [0.2, 0.25) is 0 Å². The van der Waals surface area contributed by atoms with E-state index in [-0.39, 0.29) is 0 Å². The van der Waals surface area contributed by atoms with Gasteiger partial charge >= 0.3 is 0 Å². The van der Waals surface area contributed by atoms with Gasteiger partial charge in [-0.3, -0.25) is 0 Å². The van der Waals surface area contributed by atoms with Crippen molar-refractivity contribution in [3.05, 3.63) is 182 Å². The summed E-state index contributed by atoms with van der Waals surface area (Å²) in [6, 6.07) is 63.9. The number of hydrogen-bond donors (Lipinski definition) is 0. The van der Waals surface area contributed by atoms with Crippen molar-refractivity contribution >= 4 is 75.3 Å². The zero-order valence-electron chi connectivity index (χ0n) is 30.4. The Morgan fingerprint density at radius 3 is 1.89 bits per heavy atom. The highest BCUT2D eigenvalue weighted by Gasteiger charge is 2.22. The van der Waals surface area contributed by atoms with E-state index in [1.165, 1.54) is 32.0 Å². The first-order valence-corrected chi connectivity index (χ1v) is 19.8. The van der Waals surface area contributed by atoms with E-state index in [9.17, 15) is 0 Å². The zero-order chi connectivity index (χ0) is 37.5. The molecule has 4 heterocycles. The molecule has 0 aliphatic rings. The molecule has 0 aliphatic heterocycles. The Hall–Kier alpha value is -7.41. The summed E-state index contributed by atoms with van der Waals surface area (Å²) in [7, 11) is 0. The first-order valence-electron chi connectivity index (χ1n) is 19.0. The van der Waals surface area contributed by atoms with Crippen molar-refractivity contribution in [2.75, 3.05) is 0 Å². The van der Waals surface area contributed by atoms with Crippen LogP contribution in [0.5, 0.6) is 0 Å². The lowest BCUT2D eigenvalue weighted by Gasteiger charge is -2.13. The smallest absolute Gasteiger partial charge is 0.167 e. The van der Waals surface area contributed by atoms with E-state index >= 15 is 0 Å². The van der Waals surface area contributed by atoms with Gasteiger partial charge in [0.05, 0.1) is 16.6 Å². The molecule has 8 aromatic carbocycles. The van der Waals surface area contributed by atoms with Crippen LogP contribution in [0.2, 0.25) is 0 Å². The van der Waals surface area contributed by atoms with E-state index in [1.54, 1.807) is 11.3 Å². The van der Waals surface area contributed by atoms with E-state index in [0.717, 1.165) is 65.4 Å². The fourth-order valence-corrected chi connectivity index (χ4v) is 9.63. The molecule has 57 heavy (non-hydrogen) atoms. The summed E-state index contributed by atoms with van der Waals surface area (Å²) in [5, 5.41) is 6.81. The van der Waals surface area contributed by atoms with Gasteiger partial charge in [0.15, 0.2) is 17.5 Å². The molecular weight excluding hydrogens is 717 g/mol. The Bertz CT molecular complexity index is 3530. The van der Waals surface area contributed by atoms with Crippen molar-refractivity contribution in [3.63, 3.8) is 0 Å². The molecule has 0 saturated heterocycles. The van der Waals surface area contributed by atoms with Crippen LogP contribution in [0.15, 0.2) is 186 Å². The molecule has 0 fully saturated rings. The molecule has 0 atom stereocenters. The van der Waals surface area contributed by atoms with Crippen molar-refractivity contribution < 1.29 is 4.42 Å². The minimum atomic E-state index is 0.562. The monoisotopic (exact) mass is 746 g/mol. The maximum Gasteiger partial charge on any atom is 0.167 e. The summed E-state index contributed by atoms with van der Waals surface area (Å²) in [5.74, 6) is 1.77. The molecule has 0 radical (unpaired) electrons. The average Bonchev–Trinajstić information content (AvgIpc) is 3.96. The largest absolute Gasteiger partial charge is 0.455 e. The third-order valence-electron chi connectivity index (χ3n) is 11.1. The van der Waals surface area contributed by atoms with Crippen LogP contribution >= 0.6 is 11.3 Å². The normalized spacial score (nSPS) is 11.9. The Morgan fingerprint density at radius 1 is 0.404 bits per heavy atom. The zero-order valence-corrected chi connectivity index (χ0v) is 31.2. The van der Waals surface area contributed by atoms with Crippen LogP contribution < -0.4 is 0 Å². The fourth-order valence-electron chi connectivity index (χ4n) is 8.46. The highest BCUT2D eigenvalue weighted by Crippen LogP contribution is 2.44. The number of fused-ring (bicyclic) bond motifs is 9. The molecule has 6 heteroatoms. The second kappa shape index (κ2) is 12.6. The van der Waals surface area contributed by atoms with Crippen molar-refractivity contribution in [2.45, 2.75) is 0 Å². The minimum Gasteiger partial charge on any atom is -0.455 e. The molecule has 12 aromatic rings. The van der Waals surface area contributed by atoms with E-state index in [2.05, 4.69) is 144 Å². The summed E-state index contributed by atoms with van der Waals surface area (Å²) in [6.45, 7) is 0. The van der Waals surface area contributed by atoms with Gasteiger partial charge in [0.1, 0.15) is 11.2 Å². The summed E-state index contributed by atoms with van der Waals surface area (Å²) >= 11 is 1.80. The number of nitrogens with zero attached hydrogens (tertiary/aromatic N) is 4. The predicted octanol–water partition coefficient (Wildman–Crippen LogP) is 13.9. The summed E-state index contributed by atoms with van der Waals surface area (Å²) in [6.07, 6.45) is 0. The molecule has 12 rings (SSSR count). The van der Waals surface area contributed by atoms with Crippen LogP contribution in [0, 0.1) is 0 Å². The van der Waals surface area contributed by atoms with E-state index < -0.39 is 0 Å². The van der Waals surface area contributed by atoms with Gasteiger partial charge in [0.25, 0.3) is 0 Å². The lowest BCUT2D eigenvalue weighted by molar-refractivity contribution is 0.669. The van der Waals surface area contributed by atoms with Gasteiger partial charge in [-0.1, -0.05) is 133 Å². The molecular formula is C51H30N4OS. The average molecular weight is 747 g/mol. The van der Waals surface area contributed by atoms with Crippen molar-refractivity contribution in [3.8, 4) is 51.0 Å². The maximum absolute atomic E-state index is 6.53. The van der Waals surface area contributed by atoms with Gasteiger partial charge < -0.3 is 8.98 Å². The summed E-state index contributed by atoms with van der Waals surface area (Å²) in [5.41, 5.74) is 9.99. The van der Waals surface area contributed by atoms with Crippen LogP contribution in [0.25, 0.3) is 115 Å². The number of furan rings is 1. The van der Waals surface area contributed by atoms with Crippen LogP contribution in [-0.4, -0.2) is 19.5 Å². The molecule has 0 spiro atoms. The van der Waals surface area contributed by atoms with Gasteiger partial charge in [-0.25, -0.2) is 15.0 Å². The number of rotatable bonds is 5. The van der Waals surface area contributed by atoms with Crippen molar-refractivity contribution in [1.29, 1.82) is 0 Å². The molecule has 0 unspecified atom stereocenters. The first-order chi connectivity index (χ1) is 28.2. The second-order valence-corrected chi connectivity index (χ2v) is 15.5. The van der Waals surface area contributed by atoms with Gasteiger partial charge in [0, 0.05) is 58.5 Å². The molecule has 0 bridgehead atoms. The number of aromatic nitrogens is 4. The number of benzene rings is 8. The molecule has 0 N–H and O–H groups in total. The third kappa shape index (κ3) is 5.04. The molecule has 4 aromatic heterocycles. The van der Waals surface area contributed by atoms with E-state index in [0.29, 0.717) is 17.5 Å². The summed E-state index contributed by atoms with van der Waals surface area (Å²) in [4.78, 5) is 15.8. The molecule has 5 nitrogen and oxygen atoms in total. The highest BCUT2D eigenvalue weighted by molar-refractivity contribution is 7.26. The van der Waals surface area contributed by atoms with Crippen LogP contribution in [0.4, 0.5) is 0 Å². The molecule has 0 amide bonds. The maximum atomic E-state index is 6.53. The Labute approximate surface area is 330 Å². The van der Waals surface area contributed by atoms with Crippen LogP contribution in [-0.2, 0) is 0 Å². The van der Waals surface area contributed by atoms with Crippen LogP contribution in [0.1, 0.15) is 0 Å². The Morgan fingerprint density at radius 2 is 1.05 bits per heavy atom. The fraction of sp³-hybridized carbons (Fsp3) is 0. The quantitative estimate of drug-likeness (QED) is 0.176. The SMILES string of the molecule is c1ccc(-c2ccc3c(c2)c2ccccc2n3-c2cc(-c3nc(-c4ccccc4)nc(-c4cccc5c4oc4ccccc45)n3)c3c(c2)sc2ccccc23)cc1. The Kier molecular flexibility index (Phi) is 7.03. The molecule has 266 valence electrons. The lowest BCUT2D eigenvalue weighted by Crippen LogP contribution is -2.02. The predicted molar refractivity (Wildman–Crippen MR) is 236 cm³/mol. The van der Waals surface area contributed by atoms with Gasteiger partial charge in [-0.2, -0.15) is 0 Å². The van der Waals surface area contributed by atoms with Gasteiger partial charge in [-0.05, 0) is 59.7 Å². The second-order valence-electron chi connectivity index (χ2n) is 14.4. The number of thiophene rings is 1.